The summed E-state index contributed by atoms with van der Waals surface area (Å²) in [4.78, 5) is 34.9. The van der Waals surface area contributed by atoms with E-state index in [1.165, 1.54) is 0 Å². The molecule has 4 heterocycles. The number of carbonyl (C=O) groups is 2. The molecule has 42 heavy (non-hydrogen) atoms. The molecule has 6 rings (SSSR count). The lowest BCUT2D eigenvalue weighted by atomic mass is 9.78. The van der Waals surface area contributed by atoms with Gasteiger partial charge in [-0.1, -0.05) is 18.2 Å². The Bertz CT molecular complexity index is 1310. The van der Waals surface area contributed by atoms with E-state index in [0.717, 1.165) is 18.7 Å². The second-order valence-electron chi connectivity index (χ2n) is 11.8. The molecule has 3 aliphatic heterocycles. The largest absolute Gasteiger partial charge is 0.417 e. The zero-order valence-corrected chi connectivity index (χ0v) is 23.4. The van der Waals surface area contributed by atoms with E-state index in [2.05, 4.69) is 10.3 Å². The molecule has 12 heteroatoms. The van der Waals surface area contributed by atoms with Crippen LogP contribution in [0.25, 0.3) is 0 Å². The van der Waals surface area contributed by atoms with Crippen LogP contribution in [0.3, 0.4) is 0 Å². The molecule has 2 amide bonds. The number of hydrogen-bond donors (Lipinski definition) is 1. The number of hydrogen-bond acceptors (Lipinski definition) is 7. The van der Waals surface area contributed by atoms with Gasteiger partial charge in [0.25, 0.3) is 0 Å². The minimum Gasteiger partial charge on any atom is -0.410 e. The van der Waals surface area contributed by atoms with Gasteiger partial charge in [-0.25, -0.2) is 4.79 Å². The standard InChI is InChI=1S/C30H35F3N4O5/c1-40-26-17-41-10-8-25(26)35-22-12-21-16-37(28(39)42-23-5-3-2-4-6-23)18-29(21,13-22)27(38)36-9-7-24-19(15-36)11-20(14-34-24)30(31,32)33/h2-6,11,14,21-22,25-26,35H,7-10,12-13,15-18H2,1H3/t21-,22+,25?,26+,29-/m0/s1. The van der Waals surface area contributed by atoms with E-state index in [9.17, 15) is 22.8 Å². The van der Waals surface area contributed by atoms with Crippen LogP contribution in [-0.4, -0.2) is 84.9 Å². The number of alkyl halides is 3. The number of methoxy groups -OCH3 is 1. The molecule has 1 aromatic heterocycles. The average molecular weight is 589 g/mol. The van der Waals surface area contributed by atoms with Gasteiger partial charge in [0.05, 0.1) is 23.7 Å². The van der Waals surface area contributed by atoms with E-state index in [-0.39, 0.29) is 43.1 Å². The molecule has 1 unspecified atom stereocenters. The first kappa shape index (κ1) is 28.9. The summed E-state index contributed by atoms with van der Waals surface area (Å²) in [5.74, 6) is 0.156. The second-order valence-corrected chi connectivity index (χ2v) is 11.8. The third-order valence-electron chi connectivity index (χ3n) is 9.22. The number of para-hydroxylation sites is 1. The van der Waals surface area contributed by atoms with Crippen LogP contribution in [0.2, 0.25) is 0 Å². The highest BCUT2D eigenvalue weighted by atomic mass is 19.4. The van der Waals surface area contributed by atoms with Crippen LogP contribution in [0.15, 0.2) is 42.6 Å². The highest BCUT2D eigenvalue weighted by molar-refractivity contribution is 5.86. The fraction of sp³-hybridized carbons (Fsp3) is 0.567. The number of pyridine rings is 1. The number of carbonyl (C=O) groups excluding carboxylic acids is 2. The van der Waals surface area contributed by atoms with Crippen LogP contribution in [-0.2, 0) is 33.4 Å². The molecule has 5 atom stereocenters. The maximum atomic E-state index is 14.4. The lowest BCUT2D eigenvalue weighted by Gasteiger charge is -2.37. The van der Waals surface area contributed by atoms with E-state index in [4.69, 9.17) is 14.2 Å². The molecule has 1 N–H and O–H groups in total. The molecular formula is C30H35F3N4O5. The molecule has 2 saturated heterocycles. The molecule has 1 aliphatic carbocycles. The molecular weight excluding hydrogens is 553 g/mol. The molecule has 0 bridgehead atoms. The minimum absolute atomic E-state index is 0.0163. The average Bonchev–Trinajstić information content (AvgIpc) is 3.51. The Balaban J connectivity index is 1.23. The number of nitrogens with one attached hydrogen (secondary N) is 1. The van der Waals surface area contributed by atoms with Gasteiger partial charge in [-0.3, -0.25) is 9.78 Å². The molecule has 1 aromatic carbocycles. The number of nitrogens with zero attached hydrogens (tertiary/aromatic N) is 3. The Kier molecular flexibility index (Phi) is 7.88. The van der Waals surface area contributed by atoms with Gasteiger partial charge in [0.15, 0.2) is 0 Å². The van der Waals surface area contributed by atoms with Crippen molar-refractivity contribution in [1.29, 1.82) is 0 Å². The van der Waals surface area contributed by atoms with Crippen molar-refractivity contribution < 1.29 is 37.0 Å². The quantitative estimate of drug-likeness (QED) is 0.570. The lowest BCUT2D eigenvalue weighted by Crippen LogP contribution is -2.52. The Labute approximate surface area is 242 Å². The van der Waals surface area contributed by atoms with Gasteiger partial charge in [-0.05, 0) is 48.9 Å². The van der Waals surface area contributed by atoms with Crippen LogP contribution in [0, 0.1) is 11.3 Å². The predicted molar refractivity (Wildman–Crippen MR) is 145 cm³/mol. The van der Waals surface area contributed by atoms with Crippen LogP contribution < -0.4 is 10.1 Å². The van der Waals surface area contributed by atoms with Crippen molar-refractivity contribution in [2.45, 2.75) is 56.6 Å². The topological polar surface area (TPSA) is 93.2 Å². The first-order chi connectivity index (χ1) is 20.2. The Hall–Kier alpha value is -3.22. The van der Waals surface area contributed by atoms with Crippen molar-refractivity contribution >= 4 is 12.0 Å². The highest BCUT2D eigenvalue weighted by Crippen LogP contribution is 2.51. The molecule has 4 aliphatic rings. The summed E-state index contributed by atoms with van der Waals surface area (Å²) in [6, 6.07) is 9.97. The first-order valence-corrected chi connectivity index (χ1v) is 14.4. The molecule has 3 fully saturated rings. The molecule has 0 radical (unpaired) electrons. The normalized spacial score (nSPS) is 29.2. The van der Waals surface area contributed by atoms with Gasteiger partial charge in [-0.15, -0.1) is 0 Å². The van der Waals surface area contributed by atoms with E-state index in [1.54, 1.807) is 41.2 Å². The van der Waals surface area contributed by atoms with Crippen LogP contribution in [0.4, 0.5) is 18.0 Å². The van der Waals surface area contributed by atoms with Crippen molar-refractivity contribution in [2.24, 2.45) is 11.3 Å². The molecule has 9 nitrogen and oxygen atoms in total. The molecule has 226 valence electrons. The van der Waals surface area contributed by atoms with Crippen LogP contribution in [0.5, 0.6) is 5.75 Å². The summed E-state index contributed by atoms with van der Waals surface area (Å²) < 4.78 is 57.0. The molecule has 0 spiro atoms. The maximum absolute atomic E-state index is 14.4. The number of likely N-dealkylation sites (tertiary alicyclic amines) is 1. The SMILES string of the molecule is CO[C@@H]1COCCC1N[C@@H]1C[C@H]2CN(C(=O)Oc3ccccc3)C[C@@]2(C(=O)N2CCc3ncc(C(F)(F)F)cc3C2)C1. The van der Waals surface area contributed by atoms with Gasteiger partial charge >= 0.3 is 12.3 Å². The minimum atomic E-state index is -4.52. The van der Waals surface area contributed by atoms with Gasteiger partial charge < -0.3 is 29.3 Å². The monoisotopic (exact) mass is 588 g/mol. The van der Waals surface area contributed by atoms with E-state index in [1.807, 2.05) is 6.07 Å². The highest BCUT2D eigenvalue weighted by Gasteiger charge is 2.60. The Morgan fingerprint density at radius 2 is 2.00 bits per heavy atom. The smallest absolute Gasteiger partial charge is 0.410 e. The summed E-state index contributed by atoms with van der Waals surface area (Å²) in [6.07, 6.45) is -1.93. The molecule has 1 saturated carbocycles. The van der Waals surface area contributed by atoms with Crippen LogP contribution >= 0.6 is 0 Å². The Morgan fingerprint density at radius 1 is 1.19 bits per heavy atom. The van der Waals surface area contributed by atoms with Crippen molar-refractivity contribution in [2.75, 3.05) is 40.0 Å². The maximum Gasteiger partial charge on any atom is 0.417 e. The molecule has 2 aromatic rings. The van der Waals surface area contributed by atoms with Crippen LogP contribution in [0.1, 0.15) is 36.1 Å². The first-order valence-electron chi connectivity index (χ1n) is 14.4. The number of benzene rings is 1. The van der Waals surface area contributed by atoms with Gasteiger partial charge in [0.1, 0.15) is 5.75 Å². The Morgan fingerprint density at radius 3 is 2.76 bits per heavy atom. The fourth-order valence-corrected chi connectivity index (χ4v) is 7.13. The third kappa shape index (κ3) is 5.59. The number of halogens is 3. The third-order valence-corrected chi connectivity index (χ3v) is 9.22. The zero-order chi connectivity index (χ0) is 29.5. The second kappa shape index (κ2) is 11.5. The van der Waals surface area contributed by atoms with Crippen molar-refractivity contribution in [3.8, 4) is 5.75 Å². The van der Waals surface area contributed by atoms with E-state index < -0.39 is 23.2 Å². The zero-order valence-electron chi connectivity index (χ0n) is 23.4. The van der Waals surface area contributed by atoms with Crippen molar-refractivity contribution in [1.82, 2.24) is 20.1 Å². The number of fused-ring (bicyclic) bond motifs is 2. The predicted octanol–water partition coefficient (Wildman–Crippen LogP) is 3.66. The van der Waals surface area contributed by atoms with E-state index >= 15 is 0 Å². The lowest BCUT2D eigenvalue weighted by molar-refractivity contribution is -0.143. The number of rotatable bonds is 5. The summed E-state index contributed by atoms with van der Waals surface area (Å²) in [5, 5.41) is 3.71. The number of aromatic nitrogens is 1. The van der Waals surface area contributed by atoms with Gasteiger partial charge in [0.2, 0.25) is 5.91 Å². The summed E-state index contributed by atoms with van der Waals surface area (Å²) in [7, 11) is 1.66. The van der Waals surface area contributed by atoms with Gasteiger partial charge in [-0.2, -0.15) is 13.2 Å². The summed E-state index contributed by atoms with van der Waals surface area (Å²) >= 11 is 0. The fourth-order valence-electron chi connectivity index (χ4n) is 7.13. The number of ether oxygens (including phenoxy) is 3. The summed E-state index contributed by atoms with van der Waals surface area (Å²) in [5.41, 5.74) is -0.713. The number of amides is 2. The van der Waals surface area contributed by atoms with Crippen molar-refractivity contribution in [3.05, 3.63) is 59.4 Å². The van der Waals surface area contributed by atoms with Gasteiger partial charge in [0, 0.05) is 70.3 Å². The summed E-state index contributed by atoms with van der Waals surface area (Å²) in [6.45, 7) is 2.08. The van der Waals surface area contributed by atoms with Crippen molar-refractivity contribution in [3.63, 3.8) is 0 Å². The van der Waals surface area contributed by atoms with E-state index in [0.29, 0.717) is 62.6 Å².